The number of aryl methyl sites for hydroxylation is 1. The average molecular weight is 542 g/mol. The fraction of sp³-hybridized carbons (Fsp3) is 0.519. The number of anilines is 1. The summed E-state index contributed by atoms with van der Waals surface area (Å²) in [6.07, 6.45) is 3.24. The summed E-state index contributed by atoms with van der Waals surface area (Å²) in [5.74, 6) is -2.77. The molecule has 202 valence electrons. The molecule has 2 fully saturated rings. The molecule has 1 aliphatic heterocycles. The van der Waals surface area contributed by atoms with E-state index in [0.29, 0.717) is 63.7 Å². The second-order valence-corrected chi connectivity index (χ2v) is 10.9. The van der Waals surface area contributed by atoms with Gasteiger partial charge in [-0.3, -0.25) is 14.4 Å². The quantitative estimate of drug-likeness (QED) is 0.257. The molecule has 1 atom stereocenters. The lowest BCUT2D eigenvalue weighted by Crippen LogP contribution is -2.49. The molecule has 0 bridgehead atoms. The molecule has 2 aliphatic rings. The Hall–Kier alpha value is -2.33. The normalized spacial score (nSPS) is 18.7. The number of likely N-dealkylation sites (tertiary alicyclic amines) is 1. The van der Waals surface area contributed by atoms with Gasteiger partial charge in [-0.15, -0.1) is 0 Å². The van der Waals surface area contributed by atoms with Crippen LogP contribution in [0.15, 0.2) is 41.3 Å². The molecule has 4 rings (SSSR count). The van der Waals surface area contributed by atoms with Crippen LogP contribution in [0.25, 0.3) is 0 Å². The molecule has 1 heterocycles. The van der Waals surface area contributed by atoms with E-state index in [1.807, 2.05) is 4.90 Å². The fourth-order valence-electron chi connectivity index (χ4n) is 4.80. The van der Waals surface area contributed by atoms with Crippen molar-refractivity contribution in [1.82, 2.24) is 9.62 Å². The molecule has 4 nitrogen and oxygen atoms in total. The van der Waals surface area contributed by atoms with E-state index >= 15 is 0 Å². The van der Waals surface area contributed by atoms with Crippen molar-refractivity contribution in [3.05, 3.63) is 59.4 Å². The van der Waals surface area contributed by atoms with E-state index in [0.717, 1.165) is 24.1 Å². The molecule has 1 aliphatic carbocycles. The van der Waals surface area contributed by atoms with Crippen LogP contribution >= 0.6 is 11.9 Å². The molecule has 2 aromatic rings. The lowest BCUT2D eigenvalue weighted by atomic mass is 9.86. The number of nitrogens with zero attached hydrogens (tertiary/aromatic N) is 1. The Morgan fingerprint density at radius 1 is 1.03 bits per heavy atom. The van der Waals surface area contributed by atoms with Gasteiger partial charge in [-0.25, -0.2) is 22.0 Å². The van der Waals surface area contributed by atoms with Crippen molar-refractivity contribution in [3.63, 3.8) is 0 Å². The minimum absolute atomic E-state index is 0.116. The first kappa shape index (κ1) is 27.7. The summed E-state index contributed by atoms with van der Waals surface area (Å²) in [5, 5.41) is 2.96. The third kappa shape index (κ3) is 7.60. The largest absolute Gasteiger partial charge is 0.378 e. The van der Waals surface area contributed by atoms with Crippen LogP contribution in [-0.2, 0) is 11.2 Å². The molecular formula is C27H32F5N3OS. The number of hydrogen-bond acceptors (Lipinski definition) is 4. The number of nitrogens with one attached hydrogen (secondary N) is 2. The van der Waals surface area contributed by atoms with E-state index in [4.69, 9.17) is 0 Å². The predicted molar refractivity (Wildman–Crippen MR) is 135 cm³/mol. The maximum absolute atomic E-state index is 15.0. The van der Waals surface area contributed by atoms with Crippen LogP contribution in [0.5, 0.6) is 0 Å². The van der Waals surface area contributed by atoms with Crippen LogP contribution < -0.4 is 10.0 Å². The predicted octanol–water partition coefficient (Wildman–Crippen LogP) is 6.36. The van der Waals surface area contributed by atoms with Crippen molar-refractivity contribution in [2.24, 2.45) is 0 Å². The molecule has 0 aromatic heterocycles. The molecule has 0 spiro atoms. The van der Waals surface area contributed by atoms with Crippen molar-refractivity contribution in [3.8, 4) is 0 Å². The van der Waals surface area contributed by atoms with Gasteiger partial charge in [0.1, 0.15) is 29.3 Å². The number of halogens is 5. The van der Waals surface area contributed by atoms with Crippen LogP contribution in [0.2, 0.25) is 0 Å². The summed E-state index contributed by atoms with van der Waals surface area (Å²) in [6.45, 7) is 1.28. The van der Waals surface area contributed by atoms with Gasteiger partial charge in [0.25, 0.3) is 5.91 Å². The number of rotatable bonds is 11. The van der Waals surface area contributed by atoms with Gasteiger partial charge in [-0.05, 0) is 86.7 Å². The van der Waals surface area contributed by atoms with Crippen molar-refractivity contribution in [2.45, 2.75) is 74.1 Å². The Labute approximate surface area is 218 Å². The van der Waals surface area contributed by atoms with Gasteiger partial charge < -0.3 is 5.32 Å². The maximum Gasteiger partial charge on any atom is 0.267 e. The molecule has 1 amide bonds. The number of amides is 1. The van der Waals surface area contributed by atoms with E-state index in [-0.39, 0.29) is 35.3 Å². The summed E-state index contributed by atoms with van der Waals surface area (Å²) in [6, 6.07) is 7.96. The van der Waals surface area contributed by atoms with Gasteiger partial charge in [0, 0.05) is 30.6 Å². The monoisotopic (exact) mass is 541 g/mol. The van der Waals surface area contributed by atoms with Crippen molar-refractivity contribution < 1.29 is 26.7 Å². The van der Waals surface area contributed by atoms with E-state index in [1.54, 1.807) is 12.1 Å². The first-order valence-electron chi connectivity index (χ1n) is 12.7. The fourth-order valence-corrected chi connectivity index (χ4v) is 5.51. The highest BCUT2D eigenvalue weighted by atomic mass is 32.2. The Bertz CT molecular complexity index is 1040. The third-order valence-corrected chi connectivity index (χ3v) is 7.84. The van der Waals surface area contributed by atoms with Gasteiger partial charge in [0.15, 0.2) is 5.67 Å². The molecule has 1 saturated carbocycles. The second kappa shape index (κ2) is 12.5. The van der Waals surface area contributed by atoms with Crippen LogP contribution in [-0.4, -0.2) is 48.3 Å². The summed E-state index contributed by atoms with van der Waals surface area (Å²) in [7, 11) is 0. The summed E-state index contributed by atoms with van der Waals surface area (Å²) >= 11 is 0.690. The first-order valence-corrected chi connectivity index (χ1v) is 13.6. The number of benzene rings is 2. The first-order chi connectivity index (χ1) is 17.7. The van der Waals surface area contributed by atoms with Crippen molar-refractivity contribution >= 4 is 23.5 Å². The van der Waals surface area contributed by atoms with Gasteiger partial charge in [0.2, 0.25) is 0 Å². The minimum Gasteiger partial charge on any atom is -0.378 e. The van der Waals surface area contributed by atoms with Gasteiger partial charge in [0.05, 0.1) is 0 Å². The van der Waals surface area contributed by atoms with Crippen LogP contribution in [0, 0.1) is 17.5 Å². The zero-order valence-electron chi connectivity index (χ0n) is 20.6. The SMILES string of the molecule is O=C(NSc1cc(F)c(NC(CCc2ccc(F)cc2)CCN2CC(F)C2)c(F)c1)C1(F)CCCCC1. The van der Waals surface area contributed by atoms with E-state index < -0.39 is 29.4 Å². The lowest BCUT2D eigenvalue weighted by molar-refractivity contribution is -0.132. The molecule has 1 unspecified atom stereocenters. The zero-order valence-corrected chi connectivity index (χ0v) is 21.4. The van der Waals surface area contributed by atoms with Gasteiger partial charge in [-0.2, -0.15) is 0 Å². The van der Waals surface area contributed by atoms with Gasteiger partial charge >= 0.3 is 0 Å². The Morgan fingerprint density at radius 2 is 1.68 bits per heavy atom. The lowest BCUT2D eigenvalue weighted by Gasteiger charge is -2.35. The van der Waals surface area contributed by atoms with Crippen LogP contribution in [0.1, 0.15) is 50.5 Å². The highest BCUT2D eigenvalue weighted by Gasteiger charge is 2.39. The minimum atomic E-state index is -1.94. The summed E-state index contributed by atoms with van der Waals surface area (Å²) in [4.78, 5) is 14.4. The highest BCUT2D eigenvalue weighted by molar-refractivity contribution is 7.98. The molecule has 2 N–H and O–H groups in total. The van der Waals surface area contributed by atoms with E-state index in [1.165, 1.54) is 12.1 Å². The topological polar surface area (TPSA) is 44.4 Å². The summed E-state index contributed by atoms with van der Waals surface area (Å²) in [5.41, 5.74) is -1.34. The van der Waals surface area contributed by atoms with E-state index in [2.05, 4.69) is 10.0 Å². The van der Waals surface area contributed by atoms with Crippen LogP contribution in [0.4, 0.5) is 27.6 Å². The summed E-state index contributed by atoms with van der Waals surface area (Å²) < 4.78 is 73.5. The number of hydrogen-bond donors (Lipinski definition) is 2. The molecule has 37 heavy (non-hydrogen) atoms. The van der Waals surface area contributed by atoms with Crippen LogP contribution in [0.3, 0.4) is 0 Å². The molecule has 2 aromatic carbocycles. The average Bonchev–Trinajstić information content (AvgIpc) is 2.85. The van der Waals surface area contributed by atoms with Gasteiger partial charge in [-0.1, -0.05) is 18.6 Å². The number of alkyl halides is 2. The smallest absolute Gasteiger partial charge is 0.267 e. The van der Waals surface area contributed by atoms with Crippen molar-refractivity contribution in [1.29, 1.82) is 0 Å². The highest BCUT2D eigenvalue weighted by Crippen LogP contribution is 2.33. The number of carbonyl (C=O) groups is 1. The molecule has 1 saturated heterocycles. The molecule has 0 radical (unpaired) electrons. The van der Waals surface area contributed by atoms with E-state index in [9.17, 15) is 26.7 Å². The number of carbonyl (C=O) groups excluding carboxylic acids is 1. The maximum atomic E-state index is 15.0. The Balaban J connectivity index is 1.38. The Kier molecular flexibility index (Phi) is 9.34. The third-order valence-electron chi connectivity index (χ3n) is 7.08. The van der Waals surface area contributed by atoms with Crippen molar-refractivity contribution in [2.75, 3.05) is 25.0 Å². The molecule has 10 heteroatoms. The Morgan fingerprint density at radius 3 is 2.30 bits per heavy atom. The standard InChI is InChI=1S/C27H32F5N3OS/c28-19-7-4-18(5-8-19)6-9-21(10-13-35-16-20(29)17-35)33-25-23(30)14-22(15-24(25)31)37-34-26(36)27(32)11-2-1-3-12-27/h4-5,7-8,14-15,20-21,33H,1-3,6,9-13,16-17H2,(H,34,36). The molecular weight excluding hydrogens is 509 g/mol. The second-order valence-electron chi connectivity index (χ2n) is 9.97. The zero-order chi connectivity index (χ0) is 26.4.